The summed E-state index contributed by atoms with van der Waals surface area (Å²) in [6.45, 7) is 35.3. The van der Waals surface area contributed by atoms with Crippen LogP contribution < -0.4 is 0 Å². The highest BCUT2D eigenvalue weighted by Crippen LogP contribution is 2.47. The van der Waals surface area contributed by atoms with E-state index >= 15 is 0 Å². The van der Waals surface area contributed by atoms with E-state index in [2.05, 4.69) is 90.9 Å². The van der Waals surface area contributed by atoms with Gasteiger partial charge in [-0.15, -0.1) is 13.2 Å². The minimum Gasteiger partial charge on any atom is -0.376 e. The van der Waals surface area contributed by atoms with Gasteiger partial charge < -0.3 is 46.2 Å². The van der Waals surface area contributed by atoms with Crippen LogP contribution in [0.3, 0.4) is 0 Å². The molecule has 13 nitrogen and oxygen atoms in total. The van der Waals surface area contributed by atoms with Crippen LogP contribution in [-0.4, -0.2) is 153 Å². The summed E-state index contributed by atoms with van der Waals surface area (Å²) in [5, 5.41) is 8.82. The van der Waals surface area contributed by atoms with E-state index in [1.54, 1.807) is 62.6 Å². The number of nitrogens with zero attached hydrogens (tertiary/aromatic N) is 3. The van der Waals surface area contributed by atoms with Crippen molar-refractivity contribution in [2.24, 2.45) is 0 Å². The van der Waals surface area contributed by atoms with E-state index in [4.69, 9.17) is 58.0 Å². The lowest BCUT2D eigenvalue weighted by molar-refractivity contribution is -0.0147. The SMILES string of the molecule is [B]C(COCC=C)OC(/C=C/P(C)(C)=O)COP(OCCC#N)N(C(C)C)C(C)C.[B]C(COP(OCCC)N(C(C)C)C(C)C)OC(/C=C/P(C)(C)=O)COCC=C. The third-order valence-corrected chi connectivity index (χ3v) is 13.0. The lowest BCUT2D eigenvalue weighted by atomic mass is 10.0. The maximum Gasteiger partial charge on any atom is 0.259 e. The number of hydrogen-bond acceptors (Lipinski definition) is 13. The van der Waals surface area contributed by atoms with Crippen molar-refractivity contribution in [2.75, 3.05) is 79.5 Å². The predicted octanol–water partition coefficient (Wildman–Crippen LogP) is 9.49. The van der Waals surface area contributed by atoms with Crippen molar-refractivity contribution in [3.05, 3.63) is 49.1 Å². The van der Waals surface area contributed by atoms with Crippen molar-refractivity contribution in [3.63, 3.8) is 0 Å². The fourth-order valence-electron chi connectivity index (χ4n) is 4.85. The zero-order valence-corrected chi connectivity index (χ0v) is 42.0. The van der Waals surface area contributed by atoms with Gasteiger partial charge in [0.05, 0.1) is 77.6 Å². The fraction of sp³-hybridized carbons (Fsp3) is 0.775. The van der Waals surface area contributed by atoms with E-state index in [0.717, 1.165) is 6.42 Å². The zero-order chi connectivity index (χ0) is 45.6. The molecule has 6 atom stereocenters. The Morgan fingerprint density at radius 3 is 1.42 bits per heavy atom. The highest BCUT2D eigenvalue weighted by Gasteiger charge is 2.29. The third-order valence-electron chi connectivity index (χ3n) is 7.07. The Labute approximate surface area is 364 Å². The van der Waals surface area contributed by atoms with Crippen molar-refractivity contribution in [3.8, 4) is 6.07 Å². The summed E-state index contributed by atoms with van der Waals surface area (Å²) in [6, 6.07) is 1.68. The summed E-state index contributed by atoms with van der Waals surface area (Å²) in [4.78, 5) is 0. The van der Waals surface area contributed by atoms with Gasteiger partial charge in [-0.3, -0.25) is 0 Å². The maximum absolute atomic E-state index is 12.1. The predicted molar refractivity (Wildman–Crippen MR) is 250 cm³/mol. The molecular formula is C40H77B2N3O10P4. The molecule has 0 aliphatic carbocycles. The number of hydrogen-bond donors (Lipinski definition) is 0. The molecule has 0 bridgehead atoms. The second-order valence-electron chi connectivity index (χ2n) is 15.4. The van der Waals surface area contributed by atoms with Crippen LogP contribution in [0.15, 0.2) is 49.1 Å². The first-order chi connectivity index (χ1) is 27.5. The summed E-state index contributed by atoms with van der Waals surface area (Å²) >= 11 is 0. The van der Waals surface area contributed by atoms with Gasteiger partial charge in [0.25, 0.3) is 17.1 Å². The van der Waals surface area contributed by atoms with Crippen LogP contribution >= 0.6 is 31.3 Å². The summed E-state index contributed by atoms with van der Waals surface area (Å²) in [6.07, 6.45) is 7.01. The van der Waals surface area contributed by atoms with Crippen LogP contribution in [-0.2, 0) is 46.2 Å². The Hall–Kier alpha value is -0.500. The average molecular weight is 906 g/mol. The Balaban J connectivity index is 0. The zero-order valence-electron chi connectivity index (χ0n) is 38.4. The number of ether oxygens (including phenoxy) is 4. The number of nitriles is 1. The molecule has 0 saturated carbocycles. The summed E-state index contributed by atoms with van der Waals surface area (Å²) in [5.74, 6) is 3.30. The van der Waals surface area contributed by atoms with E-state index in [-0.39, 0.29) is 57.0 Å². The normalized spacial score (nSPS) is 15.8. The van der Waals surface area contributed by atoms with Crippen molar-refractivity contribution < 1.29 is 46.2 Å². The molecule has 4 radical (unpaired) electrons. The molecule has 0 fully saturated rings. The largest absolute Gasteiger partial charge is 0.376 e. The van der Waals surface area contributed by atoms with Crippen molar-refractivity contribution in [1.29, 1.82) is 5.26 Å². The molecule has 0 amide bonds. The molecule has 0 saturated heterocycles. The molecule has 0 aliphatic rings. The second-order valence-corrected chi connectivity index (χ2v) is 24.6. The van der Waals surface area contributed by atoms with Crippen molar-refractivity contribution in [2.45, 2.75) is 124 Å². The molecule has 338 valence electrons. The fourth-order valence-corrected chi connectivity index (χ4v) is 9.39. The van der Waals surface area contributed by atoms with E-state index < -0.39 is 55.6 Å². The first-order valence-electron chi connectivity index (χ1n) is 20.3. The Bertz CT molecular complexity index is 1280. The van der Waals surface area contributed by atoms with E-state index in [0.29, 0.717) is 26.4 Å². The van der Waals surface area contributed by atoms with Crippen LogP contribution in [0.1, 0.15) is 75.2 Å². The van der Waals surface area contributed by atoms with Crippen LogP contribution in [0.5, 0.6) is 0 Å². The molecule has 0 rings (SSSR count). The quantitative estimate of drug-likeness (QED) is 0.0263. The van der Waals surface area contributed by atoms with Gasteiger partial charge in [0.2, 0.25) is 0 Å². The van der Waals surface area contributed by atoms with Gasteiger partial charge in [0.1, 0.15) is 30.0 Å². The average Bonchev–Trinajstić information content (AvgIpc) is 3.11. The highest BCUT2D eigenvalue weighted by atomic mass is 31.2. The molecule has 0 heterocycles. The van der Waals surface area contributed by atoms with Gasteiger partial charge in [-0.1, -0.05) is 31.2 Å². The van der Waals surface area contributed by atoms with Gasteiger partial charge in [-0.05, 0) is 100 Å². The standard InChI is InChI=1S/C20H37BN2O5P2.C20H40BNO5P2/c1-8-12-25-16-20(21)28-19(10-14-30(6,7)24)15-27-29(26-13-9-11-22)23(17(2)3)18(4)5;1-9-12-24-15-19(11-14-29(7,8)23)27-20(21)16-26-28(25-13-10-2)22(17(3)4)18(5)6/h8,10,14,17-20H,1,9,12-13,15-16H2,2-7H3;9,11,14,17-20H,1,10,12-13,15-16H2,2-8H3/b14-10+;14-11+. The van der Waals surface area contributed by atoms with Crippen LogP contribution in [0, 0.1) is 11.3 Å². The lowest BCUT2D eigenvalue weighted by Crippen LogP contribution is -2.35. The minimum absolute atomic E-state index is 0.167. The second kappa shape index (κ2) is 34.9. The highest BCUT2D eigenvalue weighted by molar-refractivity contribution is 7.65. The van der Waals surface area contributed by atoms with Crippen LogP contribution in [0.2, 0.25) is 0 Å². The summed E-state index contributed by atoms with van der Waals surface area (Å²) in [5.41, 5.74) is 0. The van der Waals surface area contributed by atoms with Gasteiger partial charge in [-0.25, -0.2) is 9.34 Å². The minimum atomic E-state index is -2.38. The molecule has 0 aliphatic heterocycles. The molecule has 59 heavy (non-hydrogen) atoms. The third kappa shape index (κ3) is 33.7. The topological polar surface area (TPSA) is 138 Å². The Kier molecular flexibility index (Phi) is 35.9. The van der Waals surface area contributed by atoms with Crippen LogP contribution in [0.4, 0.5) is 0 Å². The molecule has 0 aromatic heterocycles. The monoisotopic (exact) mass is 905 g/mol. The molecule has 0 aromatic rings. The smallest absolute Gasteiger partial charge is 0.259 e. The lowest BCUT2D eigenvalue weighted by Gasteiger charge is -2.36. The Morgan fingerprint density at radius 2 is 1.03 bits per heavy atom. The molecule has 0 aromatic carbocycles. The van der Waals surface area contributed by atoms with Crippen LogP contribution in [0.25, 0.3) is 0 Å². The Morgan fingerprint density at radius 1 is 0.644 bits per heavy atom. The summed E-state index contributed by atoms with van der Waals surface area (Å²) in [7, 11) is 4.82. The molecule has 0 spiro atoms. The van der Waals surface area contributed by atoms with E-state index in [1.165, 1.54) is 0 Å². The van der Waals surface area contributed by atoms with Gasteiger partial charge >= 0.3 is 0 Å². The molecule has 6 unspecified atom stereocenters. The van der Waals surface area contributed by atoms with Gasteiger partial charge in [0.15, 0.2) is 0 Å². The molecule has 19 heteroatoms. The molecule has 0 N–H and O–H groups in total. The summed E-state index contributed by atoms with van der Waals surface area (Å²) < 4.78 is 75.0. The number of rotatable bonds is 34. The molecular weight excluding hydrogens is 828 g/mol. The van der Waals surface area contributed by atoms with Crippen molar-refractivity contribution in [1.82, 2.24) is 9.34 Å². The maximum atomic E-state index is 12.1. The van der Waals surface area contributed by atoms with Gasteiger partial charge in [-0.2, -0.15) is 5.26 Å². The van der Waals surface area contributed by atoms with Crippen molar-refractivity contribution >= 4 is 47.0 Å². The first-order valence-corrected chi connectivity index (χ1v) is 27.9. The van der Waals surface area contributed by atoms with E-state index in [1.807, 2.05) is 0 Å². The van der Waals surface area contributed by atoms with Gasteiger partial charge in [0, 0.05) is 36.2 Å². The first kappa shape index (κ1) is 60.6. The van der Waals surface area contributed by atoms with E-state index in [9.17, 15) is 9.13 Å².